The SMILES string of the molecule is CC(C)(C)SSCCCCCCCCC(=O)O[C@H]1[C@@H](O)[C@H](n2cnc3c(N)ncnc32)O[C@@H]1COP(=O)(O)O[C@H]1C[C@H](n2ccc(N)nc2=O)O[C@@H]1COP(=O)(O)O. The second-order valence-corrected chi connectivity index (χ2v) is 20.5. The predicted molar refractivity (Wildman–Crippen MR) is 212 cm³/mol. The Morgan fingerprint density at radius 3 is 2.40 bits per heavy atom. The molecule has 0 bridgehead atoms. The van der Waals surface area contributed by atoms with Gasteiger partial charge in [0.2, 0.25) is 0 Å². The van der Waals surface area contributed by atoms with Gasteiger partial charge in [-0.05, 0) is 18.9 Å². The number of nitrogens with zero attached hydrogens (tertiary/aromatic N) is 6. The molecule has 2 fully saturated rings. The van der Waals surface area contributed by atoms with Crippen LogP contribution in [0.15, 0.2) is 29.7 Å². The number of carbonyl (C=O) groups is 1. The molecule has 22 nitrogen and oxygen atoms in total. The fraction of sp³-hybridized carbons (Fsp3) is 0.688. The minimum Gasteiger partial charge on any atom is -0.457 e. The highest BCUT2D eigenvalue weighted by Crippen LogP contribution is 2.50. The molecule has 1 unspecified atom stereocenters. The minimum atomic E-state index is -5.10. The summed E-state index contributed by atoms with van der Waals surface area (Å²) in [7, 11) is -6.37. The molecule has 5 heterocycles. The molecule has 324 valence electrons. The van der Waals surface area contributed by atoms with E-state index in [9.17, 15) is 38.5 Å². The van der Waals surface area contributed by atoms with Gasteiger partial charge in [0.25, 0.3) is 0 Å². The van der Waals surface area contributed by atoms with E-state index < -0.39 is 83.5 Å². The number of hydrogen-bond donors (Lipinski definition) is 6. The second kappa shape index (κ2) is 20.2. The number of rotatable bonds is 21. The van der Waals surface area contributed by atoms with E-state index in [0.29, 0.717) is 6.42 Å². The Kier molecular flexibility index (Phi) is 16.2. The summed E-state index contributed by atoms with van der Waals surface area (Å²) in [5.41, 5.74) is 11.1. The van der Waals surface area contributed by atoms with Gasteiger partial charge < -0.3 is 45.5 Å². The molecule has 5 rings (SSSR count). The van der Waals surface area contributed by atoms with E-state index in [0.717, 1.165) is 42.4 Å². The number of phosphoric ester groups is 2. The molecule has 0 spiro atoms. The summed E-state index contributed by atoms with van der Waals surface area (Å²) in [6.07, 6.45) is -0.490. The molecule has 2 aliphatic heterocycles. The van der Waals surface area contributed by atoms with Crippen molar-refractivity contribution in [2.45, 2.75) is 120 Å². The summed E-state index contributed by atoms with van der Waals surface area (Å²) in [6, 6.07) is 1.30. The summed E-state index contributed by atoms with van der Waals surface area (Å²) in [5.74, 6) is 0.437. The third kappa shape index (κ3) is 13.4. The van der Waals surface area contributed by atoms with E-state index in [1.165, 1.54) is 29.5 Å². The molecule has 3 aromatic rings. The number of aromatic nitrogens is 6. The molecule has 0 saturated carbocycles. The van der Waals surface area contributed by atoms with Crippen LogP contribution in [0.2, 0.25) is 0 Å². The number of nitrogens with two attached hydrogens (primary N) is 2. The summed E-state index contributed by atoms with van der Waals surface area (Å²) < 4.78 is 60.1. The van der Waals surface area contributed by atoms with Crippen LogP contribution in [0.5, 0.6) is 0 Å². The molecule has 0 amide bonds. The van der Waals surface area contributed by atoms with E-state index in [4.69, 9.17) is 34.7 Å². The number of imidazole rings is 1. The molecule has 2 aliphatic rings. The first-order valence-corrected chi connectivity index (χ1v) is 23.8. The maximum Gasteiger partial charge on any atom is 0.472 e. The standard InChI is InChI=1S/C32H50N8O14P2S2/c1-32(2,3)58-57-13-9-7-5-4-6-8-10-24(41)53-27-21(52-30(26(27)42)40-18-37-25-28(34)35-17-36-29(25)40)16-50-56(47,48)54-19-14-23(39-12-11-22(33)38-31(39)43)51-20(19)15-49-55(44,45)46/h11-12,17-21,23,26-27,30,42H,4-10,13-16H2,1-3H3,(H,47,48)(H2,33,38,43)(H2,34,35,36)(H2,44,45,46)/t19-,20+,21+,23+,26+,27+,30+/m0/s1. The molecule has 3 aromatic heterocycles. The Morgan fingerprint density at radius 1 is 0.983 bits per heavy atom. The maximum absolute atomic E-state index is 13.4. The quantitative estimate of drug-likeness (QED) is 0.0387. The Labute approximate surface area is 341 Å². The number of nitrogen functional groups attached to an aromatic ring is 2. The molecule has 0 aliphatic carbocycles. The number of anilines is 2. The number of aliphatic hydroxyl groups excluding tert-OH is 1. The van der Waals surface area contributed by atoms with E-state index in [1.807, 2.05) is 21.6 Å². The third-order valence-electron chi connectivity index (χ3n) is 8.83. The number of carbonyl (C=O) groups excluding carboxylic acids is 1. The normalized spacial score (nSPS) is 25.0. The maximum atomic E-state index is 13.4. The third-order valence-corrected chi connectivity index (χ3v) is 13.8. The van der Waals surface area contributed by atoms with Crippen LogP contribution in [0.1, 0.15) is 84.6 Å². The summed E-state index contributed by atoms with van der Waals surface area (Å²) in [6.45, 7) is 5.00. The van der Waals surface area contributed by atoms with Crippen LogP contribution in [-0.4, -0.2) is 109 Å². The van der Waals surface area contributed by atoms with Crippen molar-refractivity contribution in [1.82, 2.24) is 29.1 Å². The van der Waals surface area contributed by atoms with E-state index >= 15 is 0 Å². The minimum absolute atomic E-state index is 0.0481. The van der Waals surface area contributed by atoms with Crippen LogP contribution in [0.3, 0.4) is 0 Å². The van der Waals surface area contributed by atoms with Gasteiger partial charge >= 0.3 is 27.3 Å². The topological polar surface area (TPSA) is 318 Å². The lowest BCUT2D eigenvalue weighted by Gasteiger charge is -2.24. The number of unbranched alkanes of at least 4 members (excludes halogenated alkanes) is 5. The summed E-state index contributed by atoms with van der Waals surface area (Å²) >= 11 is 0. The molecule has 0 aromatic carbocycles. The Balaban J connectivity index is 1.22. The van der Waals surface area contributed by atoms with Crippen molar-refractivity contribution in [2.75, 3.05) is 30.4 Å². The average Bonchev–Trinajstić information content (AvgIpc) is 3.82. The van der Waals surface area contributed by atoms with Gasteiger partial charge in [-0.1, -0.05) is 68.0 Å². The van der Waals surface area contributed by atoms with Crippen LogP contribution < -0.4 is 17.2 Å². The number of aliphatic hydroxyl groups is 1. The van der Waals surface area contributed by atoms with Crippen LogP contribution in [0.25, 0.3) is 11.2 Å². The van der Waals surface area contributed by atoms with Crippen molar-refractivity contribution in [3.8, 4) is 0 Å². The van der Waals surface area contributed by atoms with Crippen LogP contribution in [-0.2, 0) is 41.7 Å². The fourth-order valence-electron chi connectivity index (χ4n) is 6.17. The molecule has 0 radical (unpaired) electrons. The highest BCUT2D eigenvalue weighted by atomic mass is 33.1. The molecule has 8 N–H and O–H groups in total. The number of esters is 1. The van der Waals surface area contributed by atoms with Crippen molar-refractivity contribution < 1.29 is 61.5 Å². The van der Waals surface area contributed by atoms with Crippen molar-refractivity contribution >= 4 is 66.0 Å². The molecule has 26 heteroatoms. The lowest BCUT2D eigenvalue weighted by atomic mass is 10.1. The van der Waals surface area contributed by atoms with E-state index in [-0.39, 0.29) is 40.4 Å². The van der Waals surface area contributed by atoms with Gasteiger partial charge in [0.05, 0.1) is 19.5 Å². The Hall–Kier alpha value is -2.70. The zero-order valence-corrected chi connectivity index (χ0v) is 35.5. The monoisotopic (exact) mass is 896 g/mol. The van der Waals surface area contributed by atoms with E-state index in [1.54, 1.807) is 0 Å². The van der Waals surface area contributed by atoms with Gasteiger partial charge in [0, 0.05) is 29.5 Å². The highest BCUT2D eigenvalue weighted by molar-refractivity contribution is 8.77. The molecular formula is C32H50N8O14P2S2. The van der Waals surface area contributed by atoms with Gasteiger partial charge in [-0.25, -0.2) is 28.9 Å². The van der Waals surface area contributed by atoms with Crippen molar-refractivity contribution in [3.05, 3.63) is 35.4 Å². The Morgan fingerprint density at radius 2 is 1.69 bits per heavy atom. The number of ether oxygens (including phenoxy) is 3. The molecule has 58 heavy (non-hydrogen) atoms. The summed E-state index contributed by atoms with van der Waals surface area (Å²) in [4.78, 5) is 70.8. The number of hydrogen-bond acceptors (Lipinski definition) is 19. The lowest BCUT2D eigenvalue weighted by molar-refractivity contribution is -0.156. The fourth-order valence-corrected chi connectivity index (χ4v) is 9.89. The van der Waals surface area contributed by atoms with Crippen LogP contribution >= 0.6 is 37.2 Å². The molecular weight excluding hydrogens is 846 g/mol. The second-order valence-electron chi connectivity index (χ2n) is 14.6. The lowest BCUT2D eigenvalue weighted by Crippen LogP contribution is -2.38. The van der Waals surface area contributed by atoms with Crippen LogP contribution in [0.4, 0.5) is 11.6 Å². The van der Waals surface area contributed by atoms with E-state index in [2.05, 4.69) is 45.2 Å². The largest absolute Gasteiger partial charge is 0.472 e. The average molecular weight is 897 g/mol. The van der Waals surface area contributed by atoms with Crippen LogP contribution in [0, 0.1) is 0 Å². The molecule has 2 saturated heterocycles. The van der Waals surface area contributed by atoms with Crippen molar-refractivity contribution in [2.24, 2.45) is 0 Å². The Bertz CT molecular complexity index is 2000. The molecule has 8 atom stereocenters. The zero-order chi connectivity index (χ0) is 42.3. The number of phosphoric acid groups is 2. The van der Waals surface area contributed by atoms with Gasteiger partial charge in [-0.15, -0.1) is 0 Å². The first kappa shape index (κ1) is 46.4. The highest BCUT2D eigenvalue weighted by Gasteiger charge is 2.49. The smallest absolute Gasteiger partial charge is 0.457 e. The van der Waals surface area contributed by atoms with Gasteiger partial charge in [0.1, 0.15) is 48.3 Å². The first-order valence-electron chi connectivity index (χ1n) is 18.4. The predicted octanol–water partition coefficient (Wildman–Crippen LogP) is 3.23. The van der Waals surface area contributed by atoms with Gasteiger partial charge in [-0.2, -0.15) is 4.98 Å². The van der Waals surface area contributed by atoms with Crippen molar-refractivity contribution in [1.29, 1.82) is 0 Å². The zero-order valence-electron chi connectivity index (χ0n) is 32.0. The number of fused-ring (bicyclic) bond motifs is 1. The summed E-state index contributed by atoms with van der Waals surface area (Å²) in [5, 5.41) is 11.5. The van der Waals surface area contributed by atoms with Crippen molar-refractivity contribution in [3.63, 3.8) is 0 Å². The van der Waals surface area contributed by atoms with Gasteiger partial charge in [0.15, 0.2) is 23.8 Å². The van der Waals surface area contributed by atoms with Gasteiger partial charge in [-0.3, -0.25) is 27.5 Å². The first-order chi connectivity index (χ1) is 27.3.